The number of nitrogens with zero attached hydrogens (tertiary/aromatic N) is 2. The first-order valence-electron chi connectivity index (χ1n) is 5.33. The van der Waals surface area contributed by atoms with Gasteiger partial charge in [-0.25, -0.2) is 9.97 Å². The molecular formula is C10H13ClN4O2. The second-order valence-corrected chi connectivity index (χ2v) is 4.07. The lowest BCUT2D eigenvalue weighted by atomic mass is 10.2. The minimum atomic E-state index is -0.157. The Labute approximate surface area is 104 Å². The average molecular weight is 257 g/mol. The molecule has 1 saturated heterocycles. The van der Waals surface area contributed by atoms with E-state index in [1.54, 1.807) is 6.07 Å². The van der Waals surface area contributed by atoms with Crippen LogP contribution < -0.4 is 10.6 Å². The maximum Gasteiger partial charge on any atom is 0.230 e. The second kappa shape index (κ2) is 5.90. The van der Waals surface area contributed by atoms with Gasteiger partial charge in [0.05, 0.1) is 13.2 Å². The molecule has 2 rings (SSSR count). The predicted molar refractivity (Wildman–Crippen MR) is 62.9 cm³/mol. The van der Waals surface area contributed by atoms with E-state index in [-0.39, 0.29) is 17.9 Å². The second-order valence-electron chi connectivity index (χ2n) is 3.68. The first-order chi connectivity index (χ1) is 8.24. The summed E-state index contributed by atoms with van der Waals surface area (Å²) in [6.45, 7) is 2.00. The Hall–Kier alpha value is -1.24. The highest BCUT2D eigenvalue weighted by atomic mass is 35.5. The summed E-state index contributed by atoms with van der Waals surface area (Å²) in [6, 6.07) is 1.59. The van der Waals surface area contributed by atoms with E-state index in [0.29, 0.717) is 24.8 Å². The van der Waals surface area contributed by atoms with E-state index in [9.17, 15) is 4.79 Å². The molecule has 17 heavy (non-hydrogen) atoms. The number of nitrogens with one attached hydrogen (secondary N) is 2. The highest BCUT2D eigenvalue weighted by Crippen LogP contribution is 2.07. The summed E-state index contributed by atoms with van der Waals surface area (Å²) >= 11 is 5.69. The molecule has 1 unspecified atom stereocenters. The largest absolute Gasteiger partial charge is 0.378 e. The van der Waals surface area contributed by atoms with Crippen molar-refractivity contribution >= 4 is 23.5 Å². The van der Waals surface area contributed by atoms with Crippen molar-refractivity contribution in [3.05, 3.63) is 17.4 Å². The molecule has 1 fully saturated rings. The summed E-state index contributed by atoms with van der Waals surface area (Å²) in [5.74, 6) is 0.0643. The number of aromatic nitrogens is 2. The standard InChI is InChI=1S/C10H13ClN4O2/c11-8-1-2-13-10(14-8)15-9(16)5-7-6-17-4-3-12-7/h1-2,7,12H,3-6H2,(H,13,14,15,16). The third kappa shape index (κ3) is 3.92. The van der Waals surface area contributed by atoms with E-state index >= 15 is 0 Å². The minimum absolute atomic E-state index is 0.0444. The van der Waals surface area contributed by atoms with Crippen LogP contribution in [0.1, 0.15) is 6.42 Å². The van der Waals surface area contributed by atoms with E-state index in [4.69, 9.17) is 16.3 Å². The number of carbonyl (C=O) groups is 1. The van der Waals surface area contributed by atoms with Gasteiger partial charge in [-0.05, 0) is 6.07 Å². The lowest BCUT2D eigenvalue weighted by Gasteiger charge is -2.22. The summed E-state index contributed by atoms with van der Waals surface area (Å²) < 4.78 is 5.26. The fraction of sp³-hybridized carbons (Fsp3) is 0.500. The van der Waals surface area contributed by atoms with Crippen LogP contribution in [-0.4, -0.2) is 41.7 Å². The van der Waals surface area contributed by atoms with E-state index in [0.717, 1.165) is 6.54 Å². The van der Waals surface area contributed by atoms with Crippen LogP contribution in [-0.2, 0) is 9.53 Å². The summed E-state index contributed by atoms with van der Waals surface area (Å²) in [4.78, 5) is 19.4. The fourth-order valence-electron chi connectivity index (χ4n) is 1.55. The number of carbonyl (C=O) groups excluding carboxylic acids is 1. The van der Waals surface area contributed by atoms with E-state index in [2.05, 4.69) is 20.6 Å². The molecule has 0 aromatic carbocycles. The molecule has 1 aromatic heterocycles. The zero-order valence-electron chi connectivity index (χ0n) is 9.15. The summed E-state index contributed by atoms with van der Waals surface area (Å²) in [5.41, 5.74) is 0. The third-order valence-electron chi connectivity index (χ3n) is 2.30. The normalized spacial score (nSPS) is 19.9. The number of rotatable bonds is 3. The van der Waals surface area contributed by atoms with Crippen molar-refractivity contribution in [3.63, 3.8) is 0 Å². The van der Waals surface area contributed by atoms with Crippen molar-refractivity contribution < 1.29 is 9.53 Å². The van der Waals surface area contributed by atoms with E-state index in [1.807, 2.05) is 0 Å². The van der Waals surface area contributed by atoms with Crippen LogP contribution in [0.2, 0.25) is 5.15 Å². The predicted octanol–water partition coefficient (Wildman–Crippen LogP) is 0.447. The molecule has 6 nitrogen and oxygen atoms in total. The number of morpholine rings is 1. The van der Waals surface area contributed by atoms with Gasteiger partial charge in [0, 0.05) is 25.2 Å². The monoisotopic (exact) mass is 256 g/mol. The molecule has 0 aliphatic carbocycles. The van der Waals surface area contributed by atoms with Crippen molar-refractivity contribution in [2.24, 2.45) is 0 Å². The van der Waals surface area contributed by atoms with Crippen molar-refractivity contribution in [1.82, 2.24) is 15.3 Å². The highest BCUT2D eigenvalue weighted by molar-refractivity contribution is 6.29. The smallest absolute Gasteiger partial charge is 0.230 e. The number of hydrogen-bond acceptors (Lipinski definition) is 5. The SMILES string of the molecule is O=C(CC1COCCN1)Nc1nccc(Cl)n1. The zero-order valence-corrected chi connectivity index (χ0v) is 9.91. The van der Waals surface area contributed by atoms with Crippen LogP contribution in [0.5, 0.6) is 0 Å². The molecule has 0 radical (unpaired) electrons. The van der Waals surface area contributed by atoms with Crippen LogP contribution >= 0.6 is 11.6 Å². The Morgan fingerprint density at radius 3 is 3.29 bits per heavy atom. The lowest BCUT2D eigenvalue weighted by Crippen LogP contribution is -2.43. The molecule has 1 aromatic rings. The molecule has 0 spiro atoms. The first kappa shape index (κ1) is 12.2. The van der Waals surface area contributed by atoms with Gasteiger partial charge in [-0.3, -0.25) is 10.1 Å². The highest BCUT2D eigenvalue weighted by Gasteiger charge is 2.17. The van der Waals surface area contributed by atoms with Gasteiger partial charge in [0.2, 0.25) is 11.9 Å². The quantitative estimate of drug-likeness (QED) is 0.768. The van der Waals surface area contributed by atoms with Crippen molar-refractivity contribution in [3.8, 4) is 0 Å². The molecule has 1 amide bonds. The summed E-state index contributed by atoms with van der Waals surface area (Å²) in [7, 11) is 0. The molecule has 1 atom stereocenters. The molecule has 0 saturated carbocycles. The molecule has 1 aliphatic rings. The Kier molecular flexibility index (Phi) is 4.24. The lowest BCUT2D eigenvalue weighted by molar-refractivity contribution is -0.117. The molecule has 7 heteroatoms. The van der Waals surface area contributed by atoms with Crippen LogP contribution in [0.4, 0.5) is 5.95 Å². The van der Waals surface area contributed by atoms with Gasteiger partial charge in [0.15, 0.2) is 0 Å². The molecule has 2 N–H and O–H groups in total. The molecule has 0 bridgehead atoms. The fourth-order valence-corrected chi connectivity index (χ4v) is 1.68. The van der Waals surface area contributed by atoms with Crippen LogP contribution in [0.15, 0.2) is 12.3 Å². The Bertz CT molecular complexity index is 396. The number of halogens is 1. The summed E-state index contributed by atoms with van der Waals surface area (Å²) in [6.07, 6.45) is 1.82. The number of hydrogen-bond donors (Lipinski definition) is 2. The maximum atomic E-state index is 11.7. The third-order valence-corrected chi connectivity index (χ3v) is 2.51. The van der Waals surface area contributed by atoms with Gasteiger partial charge in [0.1, 0.15) is 5.15 Å². The molecule has 2 heterocycles. The van der Waals surface area contributed by atoms with E-state index < -0.39 is 0 Å². The van der Waals surface area contributed by atoms with E-state index in [1.165, 1.54) is 6.20 Å². The maximum absolute atomic E-state index is 11.7. The molecular weight excluding hydrogens is 244 g/mol. The van der Waals surface area contributed by atoms with Crippen LogP contribution in [0, 0.1) is 0 Å². The minimum Gasteiger partial charge on any atom is -0.378 e. The van der Waals surface area contributed by atoms with Crippen LogP contribution in [0.3, 0.4) is 0 Å². The molecule has 92 valence electrons. The zero-order chi connectivity index (χ0) is 12.1. The van der Waals surface area contributed by atoms with Crippen molar-refractivity contribution in [1.29, 1.82) is 0 Å². The summed E-state index contributed by atoms with van der Waals surface area (Å²) in [5, 5.41) is 6.08. The van der Waals surface area contributed by atoms with Gasteiger partial charge in [0.25, 0.3) is 0 Å². The molecule has 1 aliphatic heterocycles. The van der Waals surface area contributed by atoms with Gasteiger partial charge in [-0.15, -0.1) is 0 Å². The van der Waals surface area contributed by atoms with Gasteiger partial charge in [-0.2, -0.15) is 0 Å². The number of amides is 1. The Morgan fingerprint density at radius 1 is 1.71 bits per heavy atom. The number of anilines is 1. The Balaban J connectivity index is 1.84. The van der Waals surface area contributed by atoms with Gasteiger partial charge < -0.3 is 10.1 Å². The number of ether oxygens (including phenoxy) is 1. The Morgan fingerprint density at radius 2 is 2.59 bits per heavy atom. The van der Waals surface area contributed by atoms with Crippen molar-refractivity contribution in [2.75, 3.05) is 25.1 Å². The topological polar surface area (TPSA) is 76.1 Å². The van der Waals surface area contributed by atoms with Gasteiger partial charge in [-0.1, -0.05) is 11.6 Å². The first-order valence-corrected chi connectivity index (χ1v) is 5.71. The van der Waals surface area contributed by atoms with Crippen molar-refractivity contribution in [2.45, 2.75) is 12.5 Å². The van der Waals surface area contributed by atoms with Gasteiger partial charge >= 0.3 is 0 Å². The van der Waals surface area contributed by atoms with Crippen LogP contribution in [0.25, 0.3) is 0 Å². The average Bonchev–Trinajstić information content (AvgIpc) is 2.30.